The quantitative estimate of drug-likeness (QED) is 0.393. The molecule has 2 aromatic carbocycles. The molecule has 8 heteroatoms. The molecule has 5 aromatic rings. The zero-order valence-corrected chi connectivity index (χ0v) is 17.0. The highest BCUT2D eigenvalue weighted by molar-refractivity contribution is 5.85. The fraction of sp³-hybridized carbons (Fsp3) is 0.217. The van der Waals surface area contributed by atoms with Crippen molar-refractivity contribution in [3.05, 3.63) is 77.8 Å². The van der Waals surface area contributed by atoms with Crippen LogP contribution in [0.15, 0.2) is 63.6 Å². The number of tetrazole rings is 1. The second-order valence-corrected chi connectivity index (χ2v) is 7.29. The highest BCUT2D eigenvalue weighted by atomic mass is 16.5. The Morgan fingerprint density at radius 1 is 1.06 bits per heavy atom. The number of hydrogen-bond acceptors (Lipinski definition) is 7. The minimum Gasteiger partial charge on any atom is -0.487 e. The zero-order chi connectivity index (χ0) is 21.0. The van der Waals surface area contributed by atoms with Gasteiger partial charge >= 0.3 is 0 Å². The van der Waals surface area contributed by atoms with Gasteiger partial charge in [-0.3, -0.25) is 0 Å². The molecule has 0 fully saturated rings. The molecule has 1 N–H and O–H groups in total. The average Bonchev–Trinajstić information content (AvgIpc) is 3.54. The molecule has 0 radical (unpaired) electrons. The fourth-order valence-corrected chi connectivity index (χ4v) is 3.49. The van der Waals surface area contributed by atoms with Crippen molar-refractivity contribution >= 4 is 10.8 Å². The van der Waals surface area contributed by atoms with Crippen molar-refractivity contribution in [3.63, 3.8) is 0 Å². The number of aromatic nitrogens is 5. The van der Waals surface area contributed by atoms with Gasteiger partial charge in [0.15, 0.2) is 0 Å². The van der Waals surface area contributed by atoms with Gasteiger partial charge in [-0.05, 0) is 54.1 Å². The van der Waals surface area contributed by atoms with Crippen LogP contribution in [0.5, 0.6) is 5.75 Å². The molecule has 0 unspecified atom stereocenters. The third-order valence-corrected chi connectivity index (χ3v) is 5.15. The fourth-order valence-electron chi connectivity index (χ4n) is 3.49. The van der Waals surface area contributed by atoms with Crippen LogP contribution in [0.2, 0.25) is 0 Å². The van der Waals surface area contributed by atoms with Crippen LogP contribution in [0.1, 0.15) is 29.5 Å². The SMILES string of the molecule is Cc1oc(-c2ccccc2)nc1COc1ccc2c(CCCc3nnn[nH]3)occ2c1. The van der Waals surface area contributed by atoms with Crippen LogP contribution in [-0.4, -0.2) is 25.6 Å². The first-order chi connectivity index (χ1) is 15.3. The van der Waals surface area contributed by atoms with Gasteiger partial charge in [0.2, 0.25) is 5.89 Å². The number of aromatic amines is 1. The number of nitrogens with zero attached hydrogens (tertiary/aromatic N) is 4. The molecular weight excluding hydrogens is 394 g/mol. The van der Waals surface area contributed by atoms with E-state index in [1.165, 1.54) is 0 Å². The Kier molecular flexibility index (Phi) is 5.18. The van der Waals surface area contributed by atoms with E-state index in [1.54, 1.807) is 6.26 Å². The van der Waals surface area contributed by atoms with E-state index in [0.29, 0.717) is 12.5 Å². The number of benzene rings is 2. The number of oxazole rings is 1. The van der Waals surface area contributed by atoms with Crippen molar-refractivity contribution in [3.8, 4) is 17.2 Å². The molecule has 156 valence electrons. The van der Waals surface area contributed by atoms with Gasteiger partial charge < -0.3 is 13.6 Å². The van der Waals surface area contributed by atoms with E-state index >= 15 is 0 Å². The maximum atomic E-state index is 5.98. The highest BCUT2D eigenvalue weighted by Crippen LogP contribution is 2.28. The minimum absolute atomic E-state index is 0.337. The number of furan rings is 1. The molecule has 31 heavy (non-hydrogen) atoms. The second-order valence-electron chi connectivity index (χ2n) is 7.29. The normalized spacial score (nSPS) is 11.3. The topological polar surface area (TPSA) is 103 Å². The molecule has 0 aliphatic carbocycles. The Morgan fingerprint density at radius 2 is 1.97 bits per heavy atom. The van der Waals surface area contributed by atoms with Crippen LogP contribution < -0.4 is 4.74 Å². The molecule has 0 saturated carbocycles. The summed E-state index contributed by atoms with van der Waals surface area (Å²) in [5.74, 6) is 3.86. The summed E-state index contributed by atoms with van der Waals surface area (Å²) in [5.41, 5.74) is 1.73. The largest absolute Gasteiger partial charge is 0.487 e. The number of fused-ring (bicyclic) bond motifs is 1. The molecular formula is C23H21N5O3. The van der Waals surface area contributed by atoms with Crippen molar-refractivity contribution in [2.24, 2.45) is 0 Å². The standard InChI is InChI=1S/C23H21N5O3/c1-15-20(24-23(31-15)16-6-3-2-4-7-16)14-29-18-10-11-19-17(12-18)13-30-21(19)8-5-9-22-25-27-28-26-22/h2-4,6-7,10-13H,5,8-9,14H2,1H3,(H,25,26,27,28). The van der Waals surface area contributed by atoms with Crippen LogP contribution in [0.3, 0.4) is 0 Å². The number of rotatable bonds is 8. The lowest BCUT2D eigenvalue weighted by Gasteiger charge is -2.05. The second kappa shape index (κ2) is 8.43. The summed E-state index contributed by atoms with van der Waals surface area (Å²) in [6, 6.07) is 15.8. The molecule has 0 atom stereocenters. The Bertz CT molecular complexity index is 1280. The first kappa shape index (κ1) is 19.0. The summed E-state index contributed by atoms with van der Waals surface area (Å²) in [6.45, 7) is 2.24. The molecule has 0 saturated heterocycles. The Balaban J connectivity index is 1.24. The molecule has 0 aliphatic heterocycles. The summed E-state index contributed by atoms with van der Waals surface area (Å²) in [5, 5.41) is 16.0. The van der Waals surface area contributed by atoms with Gasteiger partial charge in [0.25, 0.3) is 0 Å². The van der Waals surface area contributed by atoms with Gasteiger partial charge in [-0.1, -0.05) is 18.2 Å². The summed E-state index contributed by atoms with van der Waals surface area (Å²) in [4.78, 5) is 4.59. The predicted molar refractivity (Wildman–Crippen MR) is 113 cm³/mol. The molecule has 0 aliphatic rings. The maximum Gasteiger partial charge on any atom is 0.226 e. The third-order valence-electron chi connectivity index (χ3n) is 5.15. The average molecular weight is 415 g/mol. The van der Waals surface area contributed by atoms with Crippen LogP contribution >= 0.6 is 0 Å². The zero-order valence-electron chi connectivity index (χ0n) is 17.0. The molecule has 0 amide bonds. The number of nitrogens with one attached hydrogen (secondary N) is 1. The van der Waals surface area contributed by atoms with E-state index < -0.39 is 0 Å². The summed E-state index contributed by atoms with van der Waals surface area (Å²) >= 11 is 0. The smallest absolute Gasteiger partial charge is 0.226 e. The Labute approximate surface area is 178 Å². The predicted octanol–water partition coefficient (Wildman–Crippen LogP) is 4.66. The molecule has 3 heterocycles. The van der Waals surface area contributed by atoms with Crippen molar-refractivity contribution < 1.29 is 13.6 Å². The van der Waals surface area contributed by atoms with Crippen molar-refractivity contribution in [2.45, 2.75) is 32.8 Å². The van der Waals surface area contributed by atoms with E-state index in [4.69, 9.17) is 13.6 Å². The van der Waals surface area contributed by atoms with Gasteiger partial charge in [-0.25, -0.2) is 10.1 Å². The highest BCUT2D eigenvalue weighted by Gasteiger charge is 2.13. The lowest BCUT2D eigenvalue weighted by Crippen LogP contribution is -1.97. The van der Waals surface area contributed by atoms with E-state index in [9.17, 15) is 0 Å². The monoisotopic (exact) mass is 415 g/mol. The molecule has 8 nitrogen and oxygen atoms in total. The maximum absolute atomic E-state index is 5.98. The van der Waals surface area contributed by atoms with Crippen molar-refractivity contribution in [2.75, 3.05) is 0 Å². The van der Waals surface area contributed by atoms with Gasteiger partial charge in [0.1, 0.15) is 35.4 Å². The molecule has 0 spiro atoms. The number of aryl methyl sites for hydroxylation is 3. The number of hydrogen-bond donors (Lipinski definition) is 1. The summed E-state index contributed by atoms with van der Waals surface area (Å²) < 4.78 is 17.6. The van der Waals surface area contributed by atoms with Crippen LogP contribution in [0, 0.1) is 6.92 Å². The van der Waals surface area contributed by atoms with E-state index in [-0.39, 0.29) is 0 Å². The first-order valence-corrected chi connectivity index (χ1v) is 10.1. The van der Waals surface area contributed by atoms with Gasteiger partial charge in [-0.2, -0.15) is 0 Å². The van der Waals surface area contributed by atoms with Crippen LogP contribution in [-0.2, 0) is 19.4 Å². The van der Waals surface area contributed by atoms with Crippen LogP contribution in [0.4, 0.5) is 0 Å². The minimum atomic E-state index is 0.337. The van der Waals surface area contributed by atoms with Gasteiger partial charge in [0.05, 0.1) is 6.26 Å². The van der Waals surface area contributed by atoms with E-state index in [2.05, 4.69) is 25.6 Å². The van der Waals surface area contributed by atoms with Crippen molar-refractivity contribution in [1.82, 2.24) is 25.6 Å². The van der Waals surface area contributed by atoms with E-state index in [0.717, 1.165) is 64.4 Å². The Hall–Kier alpha value is -3.94. The lowest BCUT2D eigenvalue weighted by atomic mass is 10.1. The number of H-pyrrole nitrogens is 1. The molecule has 5 rings (SSSR count). The van der Waals surface area contributed by atoms with Gasteiger partial charge in [0, 0.05) is 29.2 Å². The lowest BCUT2D eigenvalue weighted by molar-refractivity contribution is 0.300. The summed E-state index contributed by atoms with van der Waals surface area (Å²) in [6.07, 6.45) is 4.25. The van der Waals surface area contributed by atoms with Gasteiger partial charge in [-0.15, -0.1) is 5.10 Å². The summed E-state index contributed by atoms with van der Waals surface area (Å²) in [7, 11) is 0. The molecule has 0 bridgehead atoms. The van der Waals surface area contributed by atoms with Crippen LogP contribution in [0.25, 0.3) is 22.2 Å². The molecule has 3 aromatic heterocycles. The van der Waals surface area contributed by atoms with E-state index in [1.807, 2.05) is 55.5 Å². The third kappa shape index (κ3) is 4.18. The first-order valence-electron chi connectivity index (χ1n) is 10.1. The number of ether oxygens (including phenoxy) is 1. The Morgan fingerprint density at radius 3 is 2.81 bits per heavy atom. The van der Waals surface area contributed by atoms with Crippen molar-refractivity contribution in [1.29, 1.82) is 0 Å².